The first-order chi connectivity index (χ1) is 30.1. The number of esters is 4. The van der Waals surface area contributed by atoms with Crippen molar-refractivity contribution >= 4 is 33.7 Å². The van der Waals surface area contributed by atoms with E-state index in [4.69, 9.17) is 37.9 Å². The number of carbonyl (C=O) groups is 4. The van der Waals surface area contributed by atoms with Gasteiger partial charge in [0, 0.05) is 38.9 Å². The molecule has 8 atom stereocenters. The molecule has 1 saturated heterocycles. The topological polar surface area (TPSA) is 176 Å². The molecule has 3 aromatic carbocycles. The molecule has 5 rings (SSSR count). The van der Waals surface area contributed by atoms with Gasteiger partial charge in [-0.3, -0.25) is 4.79 Å². The van der Waals surface area contributed by atoms with Gasteiger partial charge < -0.3 is 37.9 Å². The van der Waals surface area contributed by atoms with E-state index in [1.165, 1.54) is 26.4 Å². The van der Waals surface area contributed by atoms with E-state index in [9.17, 15) is 27.6 Å². The molecule has 2 aliphatic rings. The van der Waals surface area contributed by atoms with Crippen molar-refractivity contribution in [2.24, 2.45) is 17.3 Å². The molecule has 2 heterocycles. The van der Waals surface area contributed by atoms with E-state index in [1.807, 2.05) is 13.0 Å². The van der Waals surface area contributed by atoms with Crippen LogP contribution in [0.3, 0.4) is 0 Å². The molecule has 0 spiro atoms. The molecule has 2 aliphatic heterocycles. The number of ether oxygens (including phenoxy) is 8. The van der Waals surface area contributed by atoms with Crippen molar-refractivity contribution in [1.29, 1.82) is 0 Å². The average Bonchev–Trinajstić information content (AvgIpc) is 3.57. The van der Waals surface area contributed by atoms with E-state index in [0.717, 1.165) is 5.57 Å². The van der Waals surface area contributed by atoms with Crippen LogP contribution >= 0.6 is 0 Å². The number of hydrogen-bond donors (Lipinski definition) is 0. The standard InChI is InChI=1S/C48H60O14S/c1-32-25-35(21-16-24-57-47(52)48(2,3)4)60-40(38(32)29-58-43(49)30-55-5)27-41-39(31-63(53,54)37-22-14-9-15-23-37)44(56-6)42(62-41)26-36(61-46(51)34-19-12-8-13-20-34)28-59-45(50)33-17-10-7-11-18-33/h7-15,17-20,22-23,25,35-36,38-42,44H,16,21,24,26-31H2,1-6H3/t35-,36-,38?,39-,40+,41-,42+,44+/m0/s1. The Labute approximate surface area is 370 Å². The van der Waals surface area contributed by atoms with Gasteiger partial charge in [-0.05, 0) is 76.9 Å². The second-order valence-corrected chi connectivity index (χ2v) is 18.9. The summed E-state index contributed by atoms with van der Waals surface area (Å²) >= 11 is 0. The molecule has 342 valence electrons. The Morgan fingerprint density at radius 1 is 0.762 bits per heavy atom. The highest BCUT2D eigenvalue weighted by molar-refractivity contribution is 7.91. The lowest BCUT2D eigenvalue weighted by Gasteiger charge is -2.37. The lowest BCUT2D eigenvalue weighted by atomic mass is 9.84. The normalized spacial score (nSPS) is 23.0. The highest BCUT2D eigenvalue weighted by Crippen LogP contribution is 2.40. The fourth-order valence-electron chi connectivity index (χ4n) is 7.76. The molecule has 0 bridgehead atoms. The predicted octanol–water partition coefficient (Wildman–Crippen LogP) is 6.61. The fourth-order valence-corrected chi connectivity index (χ4v) is 9.44. The third-order valence-corrected chi connectivity index (χ3v) is 12.9. The average molecular weight is 893 g/mol. The third-order valence-electron chi connectivity index (χ3n) is 11.1. The minimum absolute atomic E-state index is 0.0179. The number of carbonyl (C=O) groups excluding carboxylic acids is 4. The van der Waals surface area contributed by atoms with Gasteiger partial charge in [0.25, 0.3) is 0 Å². The summed E-state index contributed by atoms with van der Waals surface area (Å²) in [6.07, 6.45) is -1.39. The molecule has 1 unspecified atom stereocenters. The molecule has 1 fully saturated rings. The van der Waals surface area contributed by atoms with E-state index in [-0.39, 0.29) is 61.5 Å². The zero-order chi connectivity index (χ0) is 45.6. The molecule has 0 radical (unpaired) electrons. The van der Waals surface area contributed by atoms with Crippen molar-refractivity contribution in [2.75, 3.05) is 46.4 Å². The van der Waals surface area contributed by atoms with Gasteiger partial charge >= 0.3 is 23.9 Å². The van der Waals surface area contributed by atoms with Crippen LogP contribution in [0.25, 0.3) is 0 Å². The van der Waals surface area contributed by atoms with Gasteiger partial charge in [0.2, 0.25) is 0 Å². The number of sulfone groups is 1. The van der Waals surface area contributed by atoms with E-state index in [0.29, 0.717) is 18.4 Å². The Bertz CT molecular complexity index is 2080. The molecule has 0 amide bonds. The highest BCUT2D eigenvalue weighted by Gasteiger charge is 2.50. The summed E-state index contributed by atoms with van der Waals surface area (Å²) in [6, 6.07) is 24.9. The van der Waals surface area contributed by atoms with Crippen LogP contribution in [0.15, 0.2) is 108 Å². The molecule has 0 aliphatic carbocycles. The number of benzene rings is 3. The quantitative estimate of drug-likeness (QED) is 0.0483. The molecule has 0 aromatic heterocycles. The van der Waals surface area contributed by atoms with Gasteiger partial charge in [-0.25, -0.2) is 22.8 Å². The van der Waals surface area contributed by atoms with Crippen molar-refractivity contribution in [3.8, 4) is 0 Å². The van der Waals surface area contributed by atoms with Crippen LogP contribution in [0.5, 0.6) is 0 Å². The van der Waals surface area contributed by atoms with Crippen LogP contribution in [-0.2, 0) is 57.3 Å². The second kappa shape index (κ2) is 23.1. The van der Waals surface area contributed by atoms with Gasteiger partial charge in [-0.1, -0.05) is 66.2 Å². The first kappa shape index (κ1) is 49.1. The smallest absolute Gasteiger partial charge is 0.338 e. The molecule has 3 aromatic rings. The maximum atomic E-state index is 14.1. The molecule has 14 nitrogen and oxygen atoms in total. The largest absolute Gasteiger partial charge is 0.465 e. The molecule has 0 N–H and O–H groups in total. The van der Waals surface area contributed by atoms with Crippen LogP contribution in [0.1, 0.15) is 74.1 Å². The van der Waals surface area contributed by atoms with Gasteiger partial charge in [-0.2, -0.15) is 0 Å². The van der Waals surface area contributed by atoms with E-state index >= 15 is 0 Å². The number of hydrogen-bond acceptors (Lipinski definition) is 14. The predicted molar refractivity (Wildman–Crippen MR) is 231 cm³/mol. The Morgan fingerprint density at radius 2 is 1.38 bits per heavy atom. The summed E-state index contributed by atoms with van der Waals surface area (Å²) in [5, 5.41) is 0. The molecule has 15 heteroatoms. The summed E-state index contributed by atoms with van der Waals surface area (Å²) in [5.41, 5.74) is 0.852. The van der Waals surface area contributed by atoms with Gasteiger partial charge in [0.1, 0.15) is 25.9 Å². The van der Waals surface area contributed by atoms with Gasteiger partial charge in [-0.15, -0.1) is 0 Å². The summed E-state index contributed by atoms with van der Waals surface area (Å²) in [7, 11) is -1.04. The monoisotopic (exact) mass is 892 g/mol. The molecule has 0 saturated carbocycles. The lowest BCUT2D eigenvalue weighted by molar-refractivity contribution is -0.154. The minimum Gasteiger partial charge on any atom is -0.465 e. The van der Waals surface area contributed by atoms with E-state index in [1.54, 1.807) is 99.6 Å². The summed E-state index contributed by atoms with van der Waals surface area (Å²) in [5.74, 6) is -3.68. The van der Waals surface area contributed by atoms with E-state index < -0.39 is 81.6 Å². The maximum Gasteiger partial charge on any atom is 0.338 e. The SMILES string of the molecule is COCC(=O)OCC1C(C)=C[C@H](CCCOC(=O)C(C)(C)C)O[C@@H]1C[C@@H]1O[C@H](C[C@@H](COC(=O)c2ccccc2)OC(=O)c2ccccc2)[C@H](OC)[C@H]1CS(=O)(=O)c1ccccc1. The van der Waals surface area contributed by atoms with Gasteiger partial charge in [0.15, 0.2) is 9.84 Å². The first-order valence-electron chi connectivity index (χ1n) is 21.2. The zero-order valence-corrected chi connectivity index (χ0v) is 37.7. The van der Waals surface area contributed by atoms with Crippen LogP contribution in [0.2, 0.25) is 0 Å². The minimum atomic E-state index is -3.91. The number of rotatable bonds is 21. The maximum absolute atomic E-state index is 14.1. The Kier molecular flexibility index (Phi) is 18.0. The Balaban J connectivity index is 1.44. The number of methoxy groups -OCH3 is 2. The summed E-state index contributed by atoms with van der Waals surface area (Å²) < 4.78 is 75.6. The third kappa shape index (κ3) is 14.3. The Morgan fingerprint density at radius 3 is 1.98 bits per heavy atom. The van der Waals surface area contributed by atoms with Crippen molar-refractivity contribution in [3.63, 3.8) is 0 Å². The zero-order valence-electron chi connectivity index (χ0n) is 36.8. The Hall–Kier alpha value is -4.93. The second-order valence-electron chi connectivity index (χ2n) is 16.9. The van der Waals surface area contributed by atoms with Crippen molar-refractivity contribution in [3.05, 3.63) is 114 Å². The fraction of sp³-hybridized carbons (Fsp3) is 0.500. The van der Waals surface area contributed by atoms with Crippen molar-refractivity contribution in [1.82, 2.24) is 0 Å². The summed E-state index contributed by atoms with van der Waals surface area (Å²) in [6.45, 7) is 6.89. The molecule has 63 heavy (non-hydrogen) atoms. The van der Waals surface area contributed by atoms with Crippen LogP contribution in [0, 0.1) is 17.3 Å². The summed E-state index contributed by atoms with van der Waals surface area (Å²) in [4.78, 5) is 51.6. The molecular weight excluding hydrogens is 833 g/mol. The van der Waals surface area contributed by atoms with Gasteiger partial charge in [0.05, 0.1) is 64.3 Å². The van der Waals surface area contributed by atoms with Crippen molar-refractivity contribution < 1.29 is 65.5 Å². The van der Waals surface area contributed by atoms with E-state index in [2.05, 4.69) is 0 Å². The lowest BCUT2D eigenvalue weighted by Crippen LogP contribution is -2.42. The van der Waals surface area contributed by atoms with Crippen LogP contribution in [0.4, 0.5) is 0 Å². The highest BCUT2D eigenvalue weighted by atomic mass is 32.2. The first-order valence-corrected chi connectivity index (χ1v) is 22.8. The van der Waals surface area contributed by atoms with Crippen molar-refractivity contribution in [2.45, 2.75) is 94.9 Å². The van der Waals surface area contributed by atoms with Crippen LogP contribution in [-0.4, -0.2) is 115 Å². The molecular formula is C48H60O14S. The van der Waals surface area contributed by atoms with Crippen LogP contribution < -0.4 is 0 Å².